The monoisotopic (exact) mass is 989 g/mol. The summed E-state index contributed by atoms with van der Waals surface area (Å²) in [4.78, 5) is 33.3. The zero-order valence-corrected chi connectivity index (χ0v) is 46.3. The van der Waals surface area contributed by atoms with Crippen LogP contribution in [0.4, 0.5) is 0 Å². The van der Waals surface area contributed by atoms with E-state index < -0.39 is 0 Å². The molecule has 1 fully saturated rings. The second kappa shape index (κ2) is 46.7. The Hall–Kier alpha value is -2.05. The number of nitrogens with zero attached hydrogens (tertiary/aromatic N) is 3. The molecule has 1 aromatic rings. The van der Waals surface area contributed by atoms with E-state index in [1.165, 1.54) is 154 Å². The first kappa shape index (κ1) is 64.1. The lowest BCUT2D eigenvalue weighted by atomic mass is 9.73. The molecule has 410 valence electrons. The molecule has 1 saturated heterocycles. The standard InChI is InChI=1S/C59H112N4O7/c1-5-9-13-17-21-25-29-42-61-55(66-49-30-26-22-18-14-10-6-2)34-35-56(64)67-52-40-59(38-46-62(47-39-59)44-33-45-63-48-43-60-54-63)41-53-68-57(65)36-37-58(69-50-31-27-23-19-15-11-7-3)70-51-32-28-24-20-16-12-8-4/h43,48,54-55,58,61H,5-42,44-47,49-53H2,1-4H3. The number of aryl methyl sites for hydroxylation is 1. The lowest BCUT2D eigenvalue weighted by Crippen LogP contribution is -2.42. The fraction of sp³-hybridized carbons (Fsp3) is 0.915. The van der Waals surface area contributed by atoms with Gasteiger partial charge in [0.2, 0.25) is 0 Å². The smallest absolute Gasteiger partial charge is 0.305 e. The van der Waals surface area contributed by atoms with Crippen molar-refractivity contribution < 1.29 is 33.3 Å². The Kier molecular flexibility index (Phi) is 42.8. The summed E-state index contributed by atoms with van der Waals surface area (Å²) in [6.45, 7) is 16.8. The predicted octanol–water partition coefficient (Wildman–Crippen LogP) is 15.1. The molecule has 0 radical (unpaired) electrons. The number of hydrogen-bond acceptors (Lipinski definition) is 10. The minimum atomic E-state index is -0.375. The van der Waals surface area contributed by atoms with Gasteiger partial charge in [-0.25, -0.2) is 4.98 Å². The van der Waals surface area contributed by atoms with Crippen LogP contribution < -0.4 is 5.32 Å². The van der Waals surface area contributed by atoms with Gasteiger partial charge in [-0.05, 0) is 95.8 Å². The van der Waals surface area contributed by atoms with Crippen molar-refractivity contribution in [1.29, 1.82) is 0 Å². The van der Waals surface area contributed by atoms with Crippen LogP contribution in [0.1, 0.15) is 265 Å². The molecule has 1 aliphatic rings. The van der Waals surface area contributed by atoms with Gasteiger partial charge in [-0.15, -0.1) is 0 Å². The van der Waals surface area contributed by atoms with E-state index in [4.69, 9.17) is 23.7 Å². The number of aromatic nitrogens is 2. The normalized spacial score (nSPS) is 14.4. The predicted molar refractivity (Wildman–Crippen MR) is 290 cm³/mol. The number of esters is 2. The lowest BCUT2D eigenvalue weighted by molar-refractivity contribution is -0.160. The van der Waals surface area contributed by atoms with E-state index in [9.17, 15) is 9.59 Å². The molecular weight excluding hydrogens is 877 g/mol. The van der Waals surface area contributed by atoms with Crippen LogP contribution in [0.25, 0.3) is 0 Å². The molecule has 0 saturated carbocycles. The molecule has 1 aromatic heterocycles. The van der Waals surface area contributed by atoms with Crippen LogP contribution >= 0.6 is 0 Å². The molecule has 0 spiro atoms. The molecule has 0 amide bonds. The van der Waals surface area contributed by atoms with Crippen molar-refractivity contribution in [1.82, 2.24) is 19.8 Å². The van der Waals surface area contributed by atoms with Crippen LogP contribution in [-0.4, -0.2) is 98.1 Å². The zero-order valence-electron chi connectivity index (χ0n) is 46.3. The van der Waals surface area contributed by atoms with Gasteiger partial charge in [0.25, 0.3) is 0 Å². The number of carbonyl (C=O) groups excluding carboxylic acids is 2. The van der Waals surface area contributed by atoms with E-state index in [1.54, 1.807) is 0 Å². The van der Waals surface area contributed by atoms with Gasteiger partial charge in [0.05, 0.1) is 26.0 Å². The minimum Gasteiger partial charge on any atom is -0.466 e. The highest BCUT2D eigenvalue weighted by atomic mass is 16.7. The van der Waals surface area contributed by atoms with Crippen LogP contribution in [0, 0.1) is 5.41 Å². The Balaban J connectivity index is 1.90. The molecule has 1 N–H and O–H groups in total. The summed E-state index contributed by atoms with van der Waals surface area (Å²) >= 11 is 0. The van der Waals surface area contributed by atoms with Crippen molar-refractivity contribution in [3.05, 3.63) is 18.7 Å². The number of carbonyl (C=O) groups is 2. The SMILES string of the molecule is CCCCCCCCCNC(CCC(=O)OCCC1(CCOC(=O)CCC(OCCCCCCCCC)OCCCCCCCCC)CCN(CCCn2ccnc2)CC1)OCCCCCCCCC. The fourth-order valence-electron chi connectivity index (χ4n) is 9.80. The molecule has 11 heteroatoms. The van der Waals surface area contributed by atoms with Gasteiger partial charge in [-0.2, -0.15) is 0 Å². The largest absolute Gasteiger partial charge is 0.466 e. The second-order valence-electron chi connectivity index (χ2n) is 21.0. The molecule has 70 heavy (non-hydrogen) atoms. The number of likely N-dealkylation sites (tertiary alicyclic amines) is 1. The van der Waals surface area contributed by atoms with Gasteiger partial charge < -0.3 is 33.2 Å². The maximum absolute atomic E-state index is 13.3. The summed E-state index contributed by atoms with van der Waals surface area (Å²) in [5, 5.41) is 3.63. The Labute approximate surface area is 431 Å². The third kappa shape index (κ3) is 36.8. The van der Waals surface area contributed by atoms with Gasteiger partial charge in [-0.1, -0.05) is 182 Å². The maximum atomic E-state index is 13.3. The van der Waals surface area contributed by atoms with E-state index >= 15 is 0 Å². The van der Waals surface area contributed by atoms with E-state index in [2.05, 4.69) is 47.5 Å². The summed E-state index contributed by atoms with van der Waals surface area (Å²) in [7, 11) is 0. The Morgan fingerprint density at radius 3 is 1.44 bits per heavy atom. The first-order valence-corrected chi connectivity index (χ1v) is 30.0. The quantitative estimate of drug-likeness (QED) is 0.0384. The van der Waals surface area contributed by atoms with Gasteiger partial charge in [0, 0.05) is 51.6 Å². The summed E-state index contributed by atoms with van der Waals surface area (Å²) in [5.74, 6) is -0.342. The van der Waals surface area contributed by atoms with Crippen molar-refractivity contribution in [2.24, 2.45) is 5.41 Å². The highest BCUT2D eigenvalue weighted by Gasteiger charge is 2.35. The third-order valence-corrected chi connectivity index (χ3v) is 14.7. The average molecular weight is 990 g/mol. The summed E-state index contributed by atoms with van der Waals surface area (Å²) in [6, 6.07) is 0. The molecule has 2 rings (SSSR count). The summed E-state index contributed by atoms with van der Waals surface area (Å²) < 4.78 is 32.9. The third-order valence-electron chi connectivity index (χ3n) is 14.7. The molecule has 0 bridgehead atoms. The van der Waals surface area contributed by atoms with Crippen molar-refractivity contribution in [3.63, 3.8) is 0 Å². The number of rotatable bonds is 52. The van der Waals surface area contributed by atoms with Crippen molar-refractivity contribution in [2.45, 2.75) is 284 Å². The number of ether oxygens (including phenoxy) is 5. The number of hydrogen-bond donors (Lipinski definition) is 1. The highest BCUT2D eigenvalue weighted by Crippen LogP contribution is 2.39. The Bertz CT molecular complexity index is 1170. The van der Waals surface area contributed by atoms with Gasteiger partial charge in [0.1, 0.15) is 6.23 Å². The number of nitrogens with one attached hydrogen (secondary N) is 1. The molecule has 1 aliphatic heterocycles. The maximum Gasteiger partial charge on any atom is 0.305 e. The Morgan fingerprint density at radius 2 is 0.971 bits per heavy atom. The molecule has 0 aromatic carbocycles. The number of imidazole rings is 1. The van der Waals surface area contributed by atoms with E-state index in [0.29, 0.717) is 45.7 Å². The van der Waals surface area contributed by atoms with Gasteiger partial charge >= 0.3 is 11.9 Å². The first-order chi connectivity index (χ1) is 34.4. The molecule has 1 atom stereocenters. The average Bonchev–Trinajstić information content (AvgIpc) is 3.89. The first-order valence-electron chi connectivity index (χ1n) is 30.0. The molecule has 1 unspecified atom stereocenters. The van der Waals surface area contributed by atoms with Crippen molar-refractivity contribution in [2.75, 3.05) is 59.2 Å². The highest BCUT2D eigenvalue weighted by molar-refractivity contribution is 5.69. The molecule has 11 nitrogen and oxygen atoms in total. The number of piperidine rings is 1. The second-order valence-corrected chi connectivity index (χ2v) is 21.0. The van der Waals surface area contributed by atoms with Crippen LogP contribution in [0.5, 0.6) is 0 Å². The lowest BCUT2D eigenvalue weighted by Gasteiger charge is -2.42. The zero-order chi connectivity index (χ0) is 50.3. The molecule has 2 heterocycles. The van der Waals surface area contributed by atoms with E-state index in [0.717, 1.165) is 97.1 Å². The summed E-state index contributed by atoms with van der Waals surface area (Å²) in [6.07, 6.45) is 46.6. The number of unbranched alkanes of at least 4 members (excludes halogenated alkanes) is 24. The van der Waals surface area contributed by atoms with Crippen LogP contribution in [0.15, 0.2) is 18.7 Å². The van der Waals surface area contributed by atoms with Gasteiger partial charge in [-0.3, -0.25) is 14.9 Å². The van der Waals surface area contributed by atoms with Crippen molar-refractivity contribution >= 4 is 11.9 Å². The van der Waals surface area contributed by atoms with E-state index in [-0.39, 0.29) is 36.3 Å². The summed E-state index contributed by atoms with van der Waals surface area (Å²) in [5.41, 5.74) is -0.0521. The van der Waals surface area contributed by atoms with Crippen LogP contribution in [-0.2, 0) is 39.8 Å². The van der Waals surface area contributed by atoms with Gasteiger partial charge in [0.15, 0.2) is 6.29 Å². The fourth-order valence-corrected chi connectivity index (χ4v) is 9.80. The molecule has 0 aliphatic carbocycles. The van der Waals surface area contributed by atoms with Crippen LogP contribution in [0.3, 0.4) is 0 Å². The topological polar surface area (TPSA) is 113 Å². The van der Waals surface area contributed by atoms with Crippen LogP contribution in [0.2, 0.25) is 0 Å². The van der Waals surface area contributed by atoms with Crippen molar-refractivity contribution in [3.8, 4) is 0 Å². The minimum absolute atomic E-state index is 0.0521. The molecular formula is C59H112N4O7. The Morgan fingerprint density at radius 1 is 0.529 bits per heavy atom. The van der Waals surface area contributed by atoms with E-state index in [1.807, 2.05) is 18.7 Å².